The van der Waals surface area contributed by atoms with Gasteiger partial charge in [0.15, 0.2) is 0 Å². The maximum Gasteiger partial charge on any atom is 0.242 e. The fraction of sp³-hybridized carbons (Fsp3) is 0.625. The second kappa shape index (κ2) is 5.79. The van der Waals surface area contributed by atoms with Crippen LogP contribution in [0.15, 0.2) is 12.4 Å². The molecule has 1 amide bonds. The van der Waals surface area contributed by atoms with E-state index in [4.69, 9.17) is 0 Å². The summed E-state index contributed by atoms with van der Waals surface area (Å²) in [5.41, 5.74) is 2.57. The van der Waals surface area contributed by atoms with Crippen LogP contribution in [-0.4, -0.2) is 56.3 Å². The first-order valence-electron chi connectivity index (χ1n) is 8.44. The number of carbonyl (C=O) groups is 1. The summed E-state index contributed by atoms with van der Waals surface area (Å²) in [4.78, 5) is 16.9. The van der Waals surface area contributed by atoms with Gasteiger partial charge in [-0.2, -0.15) is 9.61 Å². The lowest BCUT2D eigenvalue weighted by Crippen LogP contribution is -2.54. The molecule has 0 radical (unpaired) electrons. The molecular weight excluding hydrogens is 292 g/mol. The Morgan fingerprint density at radius 2 is 2.00 bits per heavy atom. The van der Waals surface area contributed by atoms with Gasteiger partial charge < -0.3 is 9.80 Å². The van der Waals surface area contributed by atoms with Crippen molar-refractivity contribution in [3.05, 3.63) is 18.1 Å². The summed E-state index contributed by atoms with van der Waals surface area (Å²) in [5.74, 6) is 0.232. The van der Waals surface area contributed by atoms with E-state index < -0.39 is 0 Å². The molecule has 2 fully saturated rings. The Morgan fingerprint density at radius 1 is 1.17 bits per heavy atom. The third kappa shape index (κ3) is 2.64. The number of aryl methyl sites for hydroxylation is 1. The number of nitrogens with zero attached hydrogens (tertiary/aromatic N) is 6. The summed E-state index contributed by atoms with van der Waals surface area (Å²) >= 11 is 0. The van der Waals surface area contributed by atoms with Gasteiger partial charge in [0.1, 0.15) is 6.33 Å². The highest BCUT2D eigenvalue weighted by Gasteiger charge is 2.31. The molecule has 0 spiro atoms. The van der Waals surface area contributed by atoms with Gasteiger partial charge in [-0.3, -0.25) is 4.79 Å². The van der Waals surface area contributed by atoms with Crippen molar-refractivity contribution < 1.29 is 4.79 Å². The summed E-state index contributed by atoms with van der Waals surface area (Å²) in [6, 6.07) is 2.44. The molecule has 7 nitrogen and oxygen atoms in total. The first kappa shape index (κ1) is 14.4. The largest absolute Gasteiger partial charge is 0.357 e. The van der Waals surface area contributed by atoms with Gasteiger partial charge in [0.05, 0.1) is 17.9 Å². The van der Waals surface area contributed by atoms with E-state index in [1.807, 2.05) is 13.0 Å². The molecule has 2 aliphatic rings. The summed E-state index contributed by atoms with van der Waals surface area (Å²) < 4.78 is 1.68. The molecule has 1 aliphatic heterocycles. The van der Waals surface area contributed by atoms with Gasteiger partial charge in [0.2, 0.25) is 11.6 Å². The molecule has 3 heterocycles. The normalized spacial score (nSPS) is 20.5. The number of hydrogen-bond donors (Lipinski definition) is 0. The van der Waals surface area contributed by atoms with E-state index in [0.717, 1.165) is 43.0 Å². The fourth-order valence-corrected chi connectivity index (χ4v) is 3.84. The van der Waals surface area contributed by atoms with E-state index in [-0.39, 0.29) is 5.91 Å². The van der Waals surface area contributed by atoms with E-state index in [0.29, 0.717) is 12.6 Å². The Morgan fingerprint density at radius 3 is 2.78 bits per heavy atom. The smallest absolute Gasteiger partial charge is 0.242 e. The van der Waals surface area contributed by atoms with Gasteiger partial charge in [-0.15, -0.1) is 10.2 Å². The van der Waals surface area contributed by atoms with E-state index >= 15 is 0 Å². The van der Waals surface area contributed by atoms with Crippen molar-refractivity contribution in [1.82, 2.24) is 24.7 Å². The van der Waals surface area contributed by atoms with E-state index in [1.54, 1.807) is 10.8 Å². The van der Waals surface area contributed by atoms with Crippen molar-refractivity contribution in [3.8, 4) is 0 Å². The van der Waals surface area contributed by atoms with E-state index in [9.17, 15) is 4.79 Å². The molecule has 0 N–H and O–H groups in total. The topological polar surface area (TPSA) is 66.6 Å². The van der Waals surface area contributed by atoms with Crippen molar-refractivity contribution in [2.75, 3.05) is 24.5 Å². The first-order valence-corrected chi connectivity index (χ1v) is 8.44. The SMILES string of the molecule is Cc1cc(N2CCN(C3CCCCC3)C(=O)C2)c2nncn2n1. The van der Waals surface area contributed by atoms with Crippen molar-refractivity contribution in [3.63, 3.8) is 0 Å². The predicted molar refractivity (Wildman–Crippen MR) is 86.3 cm³/mol. The van der Waals surface area contributed by atoms with Crippen LogP contribution in [0.25, 0.3) is 5.65 Å². The minimum Gasteiger partial charge on any atom is -0.357 e. The maximum absolute atomic E-state index is 12.7. The number of hydrogen-bond acceptors (Lipinski definition) is 5. The molecular formula is C16H22N6O. The molecule has 2 aromatic rings. The van der Waals surface area contributed by atoms with Crippen molar-refractivity contribution >= 4 is 17.2 Å². The number of piperazine rings is 1. The molecule has 0 aromatic carbocycles. The third-order valence-corrected chi connectivity index (χ3v) is 4.98. The predicted octanol–water partition coefficient (Wildman–Crippen LogP) is 1.41. The Hall–Kier alpha value is -2.18. The third-order valence-electron chi connectivity index (χ3n) is 4.98. The Bertz CT molecular complexity index is 720. The highest BCUT2D eigenvalue weighted by Crippen LogP contribution is 2.26. The average molecular weight is 314 g/mol. The van der Waals surface area contributed by atoms with Gasteiger partial charge in [-0.05, 0) is 25.8 Å². The number of aromatic nitrogens is 4. The number of rotatable bonds is 2. The highest BCUT2D eigenvalue weighted by atomic mass is 16.2. The molecule has 1 saturated carbocycles. The molecule has 23 heavy (non-hydrogen) atoms. The summed E-state index contributed by atoms with van der Waals surface area (Å²) in [5, 5.41) is 12.5. The average Bonchev–Trinajstić information content (AvgIpc) is 3.03. The number of amides is 1. The number of anilines is 1. The maximum atomic E-state index is 12.7. The molecule has 7 heteroatoms. The van der Waals surface area contributed by atoms with Crippen LogP contribution in [0.1, 0.15) is 37.8 Å². The molecule has 0 bridgehead atoms. The lowest BCUT2D eigenvalue weighted by Gasteiger charge is -2.41. The van der Waals surface area contributed by atoms with Gasteiger partial charge in [0.25, 0.3) is 0 Å². The zero-order chi connectivity index (χ0) is 15.8. The molecule has 1 aliphatic carbocycles. The van der Waals surface area contributed by atoms with Gasteiger partial charge in [-0.25, -0.2) is 0 Å². The molecule has 122 valence electrons. The van der Waals surface area contributed by atoms with Gasteiger partial charge in [-0.1, -0.05) is 19.3 Å². The summed E-state index contributed by atoms with van der Waals surface area (Å²) in [6.07, 6.45) is 7.74. The van der Waals surface area contributed by atoms with Crippen molar-refractivity contribution in [1.29, 1.82) is 0 Å². The second-order valence-electron chi connectivity index (χ2n) is 6.57. The van der Waals surface area contributed by atoms with Crippen molar-refractivity contribution in [2.24, 2.45) is 0 Å². The molecule has 0 atom stereocenters. The Balaban J connectivity index is 1.55. The van der Waals surface area contributed by atoms with Crippen LogP contribution in [0, 0.1) is 6.92 Å². The van der Waals surface area contributed by atoms with E-state index in [2.05, 4.69) is 25.1 Å². The second-order valence-corrected chi connectivity index (χ2v) is 6.57. The van der Waals surface area contributed by atoms with Crippen LogP contribution in [0.3, 0.4) is 0 Å². The monoisotopic (exact) mass is 314 g/mol. The standard InChI is InChI=1S/C16H22N6O/c1-12-9-14(16-18-17-11-22(16)19-12)20-7-8-21(15(23)10-20)13-5-3-2-4-6-13/h9,11,13H,2-8,10H2,1H3. The quantitative estimate of drug-likeness (QED) is 0.838. The minimum atomic E-state index is 0.232. The Kier molecular flexibility index (Phi) is 3.63. The van der Waals surface area contributed by atoms with Crippen LogP contribution < -0.4 is 4.90 Å². The van der Waals surface area contributed by atoms with Crippen LogP contribution in [-0.2, 0) is 4.79 Å². The van der Waals surface area contributed by atoms with Crippen LogP contribution in [0.5, 0.6) is 0 Å². The van der Waals surface area contributed by atoms with Crippen molar-refractivity contribution in [2.45, 2.75) is 45.1 Å². The molecule has 1 saturated heterocycles. The van der Waals surface area contributed by atoms with E-state index in [1.165, 1.54) is 19.3 Å². The fourth-order valence-electron chi connectivity index (χ4n) is 3.84. The lowest BCUT2D eigenvalue weighted by molar-refractivity contribution is -0.134. The van der Waals surface area contributed by atoms with Crippen LogP contribution >= 0.6 is 0 Å². The summed E-state index contributed by atoms with van der Waals surface area (Å²) in [7, 11) is 0. The van der Waals surface area contributed by atoms with Crippen LogP contribution in [0.2, 0.25) is 0 Å². The molecule has 2 aromatic heterocycles. The van der Waals surface area contributed by atoms with Gasteiger partial charge in [0, 0.05) is 19.1 Å². The number of carbonyl (C=O) groups excluding carboxylic acids is 1. The zero-order valence-electron chi connectivity index (χ0n) is 13.5. The van der Waals surface area contributed by atoms with Crippen LogP contribution in [0.4, 0.5) is 5.69 Å². The first-order chi connectivity index (χ1) is 11.2. The Labute approximate surface area is 135 Å². The summed E-state index contributed by atoms with van der Waals surface area (Å²) in [6.45, 7) is 4.00. The van der Waals surface area contributed by atoms with Gasteiger partial charge >= 0.3 is 0 Å². The molecule has 4 rings (SSSR count). The minimum absolute atomic E-state index is 0.232. The number of fused-ring (bicyclic) bond motifs is 1. The molecule has 0 unspecified atom stereocenters. The zero-order valence-corrected chi connectivity index (χ0v) is 13.5. The highest BCUT2D eigenvalue weighted by molar-refractivity contribution is 5.85. The lowest BCUT2D eigenvalue weighted by atomic mass is 9.93.